The van der Waals surface area contributed by atoms with Gasteiger partial charge in [0, 0.05) is 49.4 Å². The Morgan fingerprint density at radius 1 is 1.29 bits per heavy atom. The number of nitrogens with zero attached hydrogens (tertiary/aromatic N) is 2. The van der Waals surface area contributed by atoms with Gasteiger partial charge in [-0.15, -0.1) is 0 Å². The molecule has 128 valence electrons. The minimum atomic E-state index is -0.512. The Hall–Kier alpha value is -1.89. The number of para-hydroxylation sites is 1. The number of rotatable bonds is 5. The summed E-state index contributed by atoms with van der Waals surface area (Å²) in [6.45, 7) is 5.13. The molecule has 0 radical (unpaired) electrons. The maximum absolute atomic E-state index is 11.2. The van der Waals surface area contributed by atoms with E-state index in [1.165, 1.54) is 18.2 Å². The molecular formula is C18H23N3O3. The van der Waals surface area contributed by atoms with Gasteiger partial charge in [-0.25, -0.2) is 5.48 Å². The molecule has 3 aliphatic rings. The Morgan fingerprint density at radius 3 is 2.79 bits per heavy atom. The van der Waals surface area contributed by atoms with Crippen molar-refractivity contribution in [2.24, 2.45) is 5.92 Å². The van der Waals surface area contributed by atoms with Gasteiger partial charge in [0.05, 0.1) is 13.2 Å². The number of carbonyl (C=O) groups is 1. The first-order valence-corrected chi connectivity index (χ1v) is 8.54. The van der Waals surface area contributed by atoms with Gasteiger partial charge < -0.3 is 9.64 Å². The number of hydrogen-bond donors (Lipinski definition) is 2. The molecule has 2 N–H and O–H groups in total. The SMILES string of the molecule is O=C(C=Cc1ccccc1N1C[C@@H]2C[C@H]1CN2CC1COC1)NO. The van der Waals surface area contributed by atoms with E-state index < -0.39 is 5.91 Å². The molecule has 0 aromatic heterocycles. The van der Waals surface area contributed by atoms with E-state index >= 15 is 0 Å². The van der Waals surface area contributed by atoms with Crippen molar-refractivity contribution in [2.75, 3.05) is 37.7 Å². The average molecular weight is 329 g/mol. The van der Waals surface area contributed by atoms with Crippen molar-refractivity contribution < 1.29 is 14.7 Å². The molecule has 1 amide bonds. The van der Waals surface area contributed by atoms with Crippen LogP contribution >= 0.6 is 0 Å². The summed E-state index contributed by atoms with van der Waals surface area (Å²) in [7, 11) is 0. The Balaban J connectivity index is 1.46. The third-order valence-electron chi connectivity index (χ3n) is 5.32. The number of carbonyl (C=O) groups excluding carboxylic acids is 1. The van der Waals surface area contributed by atoms with E-state index in [-0.39, 0.29) is 0 Å². The van der Waals surface area contributed by atoms with Crippen LogP contribution < -0.4 is 10.4 Å². The molecule has 6 heteroatoms. The number of piperazine rings is 1. The van der Waals surface area contributed by atoms with Crippen molar-refractivity contribution in [2.45, 2.75) is 18.5 Å². The van der Waals surface area contributed by atoms with Crippen LogP contribution in [0.4, 0.5) is 5.69 Å². The van der Waals surface area contributed by atoms with Crippen LogP contribution in [0.1, 0.15) is 12.0 Å². The van der Waals surface area contributed by atoms with E-state index in [1.807, 2.05) is 18.2 Å². The second kappa shape index (κ2) is 6.55. The number of benzene rings is 1. The predicted molar refractivity (Wildman–Crippen MR) is 90.8 cm³/mol. The average Bonchev–Trinajstić information content (AvgIpc) is 3.16. The van der Waals surface area contributed by atoms with Crippen molar-refractivity contribution in [1.29, 1.82) is 0 Å². The highest BCUT2D eigenvalue weighted by molar-refractivity contribution is 5.91. The lowest BCUT2D eigenvalue weighted by Gasteiger charge is -2.39. The summed E-state index contributed by atoms with van der Waals surface area (Å²) in [4.78, 5) is 16.3. The van der Waals surface area contributed by atoms with E-state index in [4.69, 9.17) is 9.94 Å². The highest BCUT2D eigenvalue weighted by Crippen LogP contribution is 2.37. The molecule has 0 spiro atoms. The Labute approximate surface area is 141 Å². The van der Waals surface area contributed by atoms with Gasteiger partial charge in [-0.3, -0.25) is 14.9 Å². The number of ether oxygens (including phenoxy) is 1. The van der Waals surface area contributed by atoms with Crippen molar-refractivity contribution in [3.05, 3.63) is 35.9 Å². The van der Waals surface area contributed by atoms with Gasteiger partial charge in [-0.2, -0.15) is 0 Å². The Bertz CT molecular complexity index is 644. The third-order valence-corrected chi connectivity index (χ3v) is 5.32. The standard InChI is InChI=1S/C18H23N3O3/c22-18(19-23)6-5-14-3-1-2-4-17(14)21-10-15-7-16(21)9-20(15)8-13-11-24-12-13/h1-6,13,15-16,23H,7-12H2,(H,19,22)/t15-,16-/m0/s1. The fourth-order valence-electron chi connectivity index (χ4n) is 4.08. The molecule has 3 saturated heterocycles. The van der Waals surface area contributed by atoms with Gasteiger partial charge in [-0.1, -0.05) is 18.2 Å². The monoisotopic (exact) mass is 329 g/mol. The van der Waals surface area contributed by atoms with E-state index in [0.717, 1.165) is 38.4 Å². The lowest BCUT2D eigenvalue weighted by molar-refractivity contribution is -0.124. The predicted octanol–water partition coefficient (Wildman–Crippen LogP) is 1.11. The number of likely N-dealkylation sites (tertiary alicyclic amines) is 1. The molecule has 0 unspecified atom stereocenters. The van der Waals surface area contributed by atoms with Gasteiger partial charge in [0.15, 0.2) is 0 Å². The van der Waals surface area contributed by atoms with Crippen molar-refractivity contribution >= 4 is 17.7 Å². The molecule has 3 heterocycles. The van der Waals surface area contributed by atoms with Crippen LogP contribution in [0.25, 0.3) is 6.08 Å². The van der Waals surface area contributed by atoms with Gasteiger partial charge in [0.2, 0.25) is 0 Å². The molecule has 6 nitrogen and oxygen atoms in total. The summed E-state index contributed by atoms with van der Waals surface area (Å²) < 4.78 is 5.29. The van der Waals surface area contributed by atoms with Crippen LogP contribution in [0.3, 0.4) is 0 Å². The second-order valence-corrected chi connectivity index (χ2v) is 6.92. The van der Waals surface area contributed by atoms with E-state index in [2.05, 4.69) is 15.9 Å². The minimum Gasteiger partial charge on any atom is -0.381 e. The van der Waals surface area contributed by atoms with Crippen LogP contribution in [0.5, 0.6) is 0 Å². The quantitative estimate of drug-likeness (QED) is 0.481. The van der Waals surface area contributed by atoms with E-state index in [9.17, 15) is 4.79 Å². The normalized spacial score (nSPS) is 27.0. The van der Waals surface area contributed by atoms with Gasteiger partial charge in [0.25, 0.3) is 5.91 Å². The Kier molecular flexibility index (Phi) is 4.26. The zero-order valence-corrected chi connectivity index (χ0v) is 13.6. The van der Waals surface area contributed by atoms with Crippen LogP contribution in [-0.2, 0) is 9.53 Å². The van der Waals surface area contributed by atoms with Crippen molar-refractivity contribution in [3.8, 4) is 0 Å². The lowest BCUT2D eigenvalue weighted by atomic mass is 10.1. The zero-order chi connectivity index (χ0) is 16.5. The summed E-state index contributed by atoms with van der Waals surface area (Å²) in [5, 5.41) is 8.63. The van der Waals surface area contributed by atoms with E-state index in [0.29, 0.717) is 18.0 Å². The summed E-state index contributed by atoms with van der Waals surface area (Å²) in [6, 6.07) is 9.28. The largest absolute Gasteiger partial charge is 0.381 e. The maximum atomic E-state index is 11.2. The molecule has 2 atom stereocenters. The number of amides is 1. The maximum Gasteiger partial charge on any atom is 0.267 e. The Morgan fingerprint density at radius 2 is 2.12 bits per heavy atom. The van der Waals surface area contributed by atoms with Gasteiger partial charge in [-0.05, 0) is 24.1 Å². The van der Waals surface area contributed by atoms with Crippen molar-refractivity contribution in [3.63, 3.8) is 0 Å². The molecule has 3 fully saturated rings. The molecule has 3 aliphatic heterocycles. The molecule has 1 aromatic rings. The molecular weight excluding hydrogens is 306 g/mol. The highest BCUT2D eigenvalue weighted by atomic mass is 16.5. The molecule has 1 aromatic carbocycles. The number of anilines is 1. The summed E-state index contributed by atoms with van der Waals surface area (Å²) in [5.41, 5.74) is 3.80. The highest BCUT2D eigenvalue weighted by Gasteiger charge is 2.44. The number of fused-ring (bicyclic) bond motifs is 2. The van der Waals surface area contributed by atoms with Crippen LogP contribution in [0, 0.1) is 5.92 Å². The molecule has 0 aliphatic carbocycles. The smallest absolute Gasteiger partial charge is 0.267 e. The van der Waals surface area contributed by atoms with Gasteiger partial charge >= 0.3 is 0 Å². The first-order chi connectivity index (χ1) is 11.7. The summed E-state index contributed by atoms with van der Waals surface area (Å²) in [5.74, 6) is 0.201. The van der Waals surface area contributed by atoms with Crippen LogP contribution in [0.15, 0.2) is 30.3 Å². The van der Waals surface area contributed by atoms with E-state index in [1.54, 1.807) is 11.6 Å². The summed E-state index contributed by atoms with van der Waals surface area (Å²) >= 11 is 0. The van der Waals surface area contributed by atoms with Crippen molar-refractivity contribution in [1.82, 2.24) is 10.4 Å². The van der Waals surface area contributed by atoms with Crippen LogP contribution in [0.2, 0.25) is 0 Å². The summed E-state index contributed by atoms with van der Waals surface area (Å²) in [6.07, 6.45) is 4.33. The molecule has 2 bridgehead atoms. The third kappa shape index (κ3) is 2.92. The zero-order valence-electron chi connectivity index (χ0n) is 13.6. The number of nitrogens with one attached hydrogen (secondary N) is 1. The molecule has 24 heavy (non-hydrogen) atoms. The fraction of sp³-hybridized carbons (Fsp3) is 0.500. The fourth-order valence-corrected chi connectivity index (χ4v) is 4.08. The number of hydroxylamine groups is 1. The molecule has 0 saturated carbocycles. The number of hydrogen-bond acceptors (Lipinski definition) is 5. The topological polar surface area (TPSA) is 65.0 Å². The second-order valence-electron chi connectivity index (χ2n) is 6.92. The van der Waals surface area contributed by atoms with Gasteiger partial charge in [0.1, 0.15) is 0 Å². The first kappa shape index (κ1) is 15.6. The van der Waals surface area contributed by atoms with Crippen LogP contribution in [-0.4, -0.2) is 60.9 Å². The minimum absolute atomic E-state index is 0.512. The lowest BCUT2D eigenvalue weighted by Crippen LogP contribution is -2.50. The molecule has 4 rings (SSSR count). The first-order valence-electron chi connectivity index (χ1n) is 8.54.